The van der Waals surface area contributed by atoms with Crippen LogP contribution in [-0.4, -0.2) is 43.3 Å². The van der Waals surface area contributed by atoms with Crippen LogP contribution < -0.4 is 10.2 Å². The van der Waals surface area contributed by atoms with Crippen molar-refractivity contribution < 1.29 is 4.74 Å². The van der Waals surface area contributed by atoms with Crippen LogP contribution in [0, 0.1) is 5.92 Å². The van der Waals surface area contributed by atoms with E-state index >= 15 is 0 Å². The van der Waals surface area contributed by atoms with Gasteiger partial charge in [0.1, 0.15) is 0 Å². The molecule has 106 valence electrons. The number of rotatable bonds is 7. The number of nitrogens with one attached hydrogen (secondary N) is 1. The number of aromatic nitrogens is 2. The second-order valence-corrected chi connectivity index (χ2v) is 5.12. The number of ether oxygens (including phenoxy) is 1. The number of hydrogen-bond acceptors (Lipinski definition) is 5. The molecule has 2 heterocycles. The van der Waals surface area contributed by atoms with Crippen LogP contribution in [0.25, 0.3) is 0 Å². The summed E-state index contributed by atoms with van der Waals surface area (Å²) in [6, 6.07) is 0. The first-order valence-corrected chi connectivity index (χ1v) is 7.09. The quantitative estimate of drug-likeness (QED) is 0.755. The molecule has 1 aliphatic heterocycles. The molecule has 1 aromatic rings. The van der Waals surface area contributed by atoms with Gasteiger partial charge in [0, 0.05) is 50.6 Å². The lowest BCUT2D eigenvalue weighted by molar-refractivity contribution is 0.161. The van der Waals surface area contributed by atoms with Crippen molar-refractivity contribution >= 4 is 5.95 Å². The van der Waals surface area contributed by atoms with E-state index in [1.54, 1.807) is 7.11 Å². The van der Waals surface area contributed by atoms with Gasteiger partial charge in [-0.15, -0.1) is 0 Å². The van der Waals surface area contributed by atoms with Gasteiger partial charge < -0.3 is 15.0 Å². The minimum atomic E-state index is 0.611. The first kappa shape index (κ1) is 14.2. The molecule has 1 N–H and O–H groups in total. The van der Waals surface area contributed by atoms with Crippen LogP contribution in [0.3, 0.4) is 0 Å². The lowest BCUT2D eigenvalue weighted by atomic mass is 10.1. The summed E-state index contributed by atoms with van der Waals surface area (Å²) in [7, 11) is 1.76. The third kappa shape index (κ3) is 4.14. The highest BCUT2D eigenvalue weighted by atomic mass is 16.5. The molecule has 1 saturated heterocycles. The SMILES string of the molecule is CCCNCc1cnc(N2CCC(COC)C2)nc1. The Balaban J connectivity index is 1.85. The highest BCUT2D eigenvalue weighted by Crippen LogP contribution is 2.20. The van der Waals surface area contributed by atoms with Crippen LogP contribution in [0.1, 0.15) is 25.3 Å². The molecule has 1 aromatic heterocycles. The van der Waals surface area contributed by atoms with E-state index in [4.69, 9.17) is 4.74 Å². The Morgan fingerprint density at radius 2 is 2.21 bits per heavy atom. The Morgan fingerprint density at radius 1 is 1.42 bits per heavy atom. The number of methoxy groups -OCH3 is 1. The molecule has 19 heavy (non-hydrogen) atoms. The highest BCUT2D eigenvalue weighted by Gasteiger charge is 2.23. The number of nitrogens with zero attached hydrogens (tertiary/aromatic N) is 3. The molecule has 0 saturated carbocycles. The molecule has 1 aliphatic rings. The van der Waals surface area contributed by atoms with E-state index in [1.165, 1.54) is 0 Å². The zero-order valence-electron chi connectivity index (χ0n) is 11.9. The van der Waals surface area contributed by atoms with Gasteiger partial charge in [-0.05, 0) is 19.4 Å². The molecule has 0 bridgehead atoms. The van der Waals surface area contributed by atoms with Crippen molar-refractivity contribution in [1.82, 2.24) is 15.3 Å². The van der Waals surface area contributed by atoms with Crippen LogP contribution in [0.2, 0.25) is 0 Å². The van der Waals surface area contributed by atoms with Crippen molar-refractivity contribution in [2.45, 2.75) is 26.3 Å². The van der Waals surface area contributed by atoms with E-state index in [0.29, 0.717) is 5.92 Å². The third-order valence-corrected chi connectivity index (χ3v) is 3.42. The lowest BCUT2D eigenvalue weighted by Gasteiger charge is -2.16. The maximum Gasteiger partial charge on any atom is 0.225 e. The number of anilines is 1. The van der Waals surface area contributed by atoms with Crippen LogP contribution in [-0.2, 0) is 11.3 Å². The number of hydrogen-bond donors (Lipinski definition) is 1. The van der Waals surface area contributed by atoms with E-state index < -0.39 is 0 Å². The molecule has 0 aliphatic carbocycles. The molecule has 2 rings (SSSR count). The lowest BCUT2D eigenvalue weighted by Crippen LogP contribution is -2.23. The van der Waals surface area contributed by atoms with E-state index in [-0.39, 0.29) is 0 Å². The molecule has 0 aromatic carbocycles. The van der Waals surface area contributed by atoms with Gasteiger partial charge in [-0.25, -0.2) is 9.97 Å². The van der Waals surface area contributed by atoms with E-state index in [1.807, 2.05) is 12.4 Å². The fraction of sp³-hybridized carbons (Fsp3) is 0.714. The van der Waals surface area contributed by atoms with Crippen molar-refractivity contribution in [2.75, 3.05) is 38.3 Å². The van der Waals surface area contributed by atoms with Gasteiger partial charge in [-0.2, -0.15) is 0 Å². The average molecular weight is 264 g/mol. The van der Waals surface area contributed by atoms with Crippen molar-refractivity contribution in [3.63, 3.8) is 0 Å². The monoisotopic (exact) mass is 264 g/mol. The van der Waals surface area contributed by atoms with Crippen molar-refractivity contribution in [2.24, 2.45) is 5.92 Å². The Kier molecular flexibility index (Phi) is 5.54. The molecule has 1 fully saturated rings. The van der Waals surface area contributed by atoms with E-state index in [0.717, 1.165) is 57.1 Å². The van der Waals surface area contributed by atoms with Gasteiger partial charge in [-0.3, -0.25) is 0 Å². The summed E-state index contributed by atoms with van der Waals surface area (Å²) in [6.45, 7) is 6.90. The van der Waals surface area contributed by atoms with E-state index in [2.05, 4.69) is 27.1 Å². The summed E-state index contributed by atoms with van der Waals surface area (Å²) in [4.78, 5) is 11.2. The zero-order valence-corrected chi connectivity index (χ0v) is 11.9. The first-order chi connectivity index (χ1) is 9.33. The topological polar surface area (TPSA) is 50.3 Å². The molecule has 5 heteroatoms. The smallest absolute Gasteiger partial charge is 0.225 e. The summed E-state index contributed by atoms with van der Waals surface area (Å²) >= 11 is 0. The van der Waals surface area contributed by atoms with Crippen molar-refractivity contribution in [1.29, 1.82) is 0 Å². The minimum Gasteiger partial charge on any atom is -0.384 e. The molecular weight excluding hydrogens is 240 g/mol. The van der Waals surface area contributed by atoms with E-state index in [9.17, 15) is 0 Å². The summed E-state index contributed by atoms with van der Waals surface area (Å²) < 4.78 is 5.21. The molecule has 0 amide bonds. The second-order valence-electron chi connectivity index (χ2n) is 5.12. The normalized spacial score (nSPS) is 19.1. The van der Waals surface area contributed by atoms with Gasteiger partial charge in [0.05, 0.1) is 6.61 Å². The molecule has 5 nitrogen and oxygen atoms in total. The molecule has 1 atom stereocenters. The maximum absolute atomic E-state index is 5.21. The van der Waals surface area contributed by atoms with Crippen LogP contribution in [0.5, 0.6) is 0 Å². The summed E-state index contributed by atoms with van der Waals surface area (Å²) in [6.07, 6.45) is 6.16. The maximum atomic E-state index is 5.21. The Bertz CT molecular complexity index is 368. The molecular formula is C14H24N4O. The van der Waals surface area contributed by atoms with Gasteiger partial charge >= 0.3 is 0 Å². The zero-order chi connectivity index (χ0) is 13.5. The van der Waals surface area contributed by atoms with Crippen molar-refractivity contribution in [3.8, 4) is 0 Å². The molecule has 1 unspecified atom stereocenters. The van der Waals surface area contributed by atoms with Crippen LogP contribution >= 0.6 is 0 Å². The van der Waals surface area contributed by atoms with Gasteiger partial charge in [0.15, 0.2) is 0 Å². The standard InChI is InChI=1S/C14H24N4O/c1-3-5-15-7-13-8-16-14(17-9-13)18-6-4-12(10-18)11-19-2/h8-9,12,15H,3-7,10-11H2,1-2H3. The molecule has 0 radical (unpaired) electrons. The Hall–Kier alpha value is -1.20. The molecule has 0 spiro atoms. The predicted molar refractivity (Wildman–Crippen MR) is 76.2 cm³/mol. The van der Waals surface area contributed by atoms with Gasteiger partial charge in [0.2, 0.25) is 5.95 Å². The Morgan fingerprint density at radius 3 is 2.89 bits per heavy atom. The van der Waals surface area contributed by atoms with Crippen LogP contribution in [0.4, 0.5) is 5.95 Å². The largest absolute Gasteiger partial charge is 0.384 e. The van der Waals surface area contributed by atoms with Crippen molar-refractivity contribution in [3.05, 3.63) is 18.0 Å². The predicted octanol–water partition coefficient (Wildman–Crippen LogP) is 1.45. The summed E-state index contributed by atoms with van der Waals surface area (Å²) in [5, 5.41) is 3.35. The van der Waals surface area contributed by atoms with Gasteiger partial charge in [0.25, 0.3) is 0 Å². The second kappa shape index (κ2) is 7.40. The fourth-order valence-electron chi connectivity index (χ4n) is 2.40. The third-order valence-electron chi connectivity index (χ3n) is 3.42. The first-order valence-electron chi connectivity index (χ1n) is 7.09. The highest BCUT2D eigenvalue weighted by molar-refractivity contribution is 5.31. The van der Waals surface area contributed by atoms with Gasteiger partial charge in [-0.1, -0.05) is 6.92 Å². The summed E-state index contributed by atoms with van der Waals surface area (Å²) in [5.74, 6) is 1.46. The average Bonchev–Trinajstić information content (AvgIpc) is 2.89. The summed E-state index contributed by atoms with van der Waals surface area (Å²) in [5.41, 5.74) is 1.14. The fourth-order valence-corrected chi connectivity index (χ4v) is 2.40. The van der Waals surface area contributed by atoms with Crippen LogP contribution in [0.15, 0.2) is 12.4 Å². The Labute approximate surface area is 115 Å². The minimum absolute atomic E-state index is 0.611.